The quantitative estimate of drug-likeness (QED) is 0.266. The van der Waals surface area contributed by atoms with E-state index in [4.69, 9.17) is 23.2 Å². The lowest BCUT2D eigenvalue weighted by Crippen LogP contribution is -2.39. The zero-order valence-corrected chi connectivity index (χ0v) is 18.8. The predicted molar refractivity (Wildman–Crippen MR) is 124 cm³/mol. The van der Waals surface area contributed by atoms with Crippen molar-refractivity contribution in [2.45, 2.75) is 31.4 Å². The molecule has 9 heteroatoms. The molecule has 0 fully saturated rings. The van der Waals surface area contributed by atoms with Crippen molar-refractivity contribution in [3.63, 3.8) is 0 Å². The number of carbonyl (C=O) groups is 1. The van der Waals surface area contributed by atoms with Crippen LogP contribution < -0.4 is 10.3 Å². The van der Waals surface area contributed by atoms with Crippen molar-refractivity contribution in [1.29, 1.82) is 0 Å². The van der Waals surface area contributed by atoms with Crippen LogP contribution in [-0.2, 0) is 6.42 Å². The van der Waals surface area contributed by atoms with Gasteiger partial charge in [-0.25, -0.2) is 5.43 Å². The Balaban J connectivity index is 1.73. The molecule has 2 N–H and O–H groups in total. The van der Waals surface area contributed by atoms with Crippen molar-refractivity contribution in [2.75, 3.05) is 11.4 Å². The SMILES string of the molecule is CC1(C)SC(=O)NN=C1c1ccc2c(c1)CCCN2/C(=N\O)c1ccc(Cl)cc1Cl. The molecule has 0 unspecified atom stereocenters. The Morgan fingerprint density at radius 1 is 1.27 bits per heavy atom. The van der Waals surface area contributed by atoms with Crippen LogP contribution in [0.25, 0.3) is 0 Å². The maximum Gasteiger partial charge on any atom is 0.300 e. The number of benzene rings is 2. The summed E-state index contributed by atoms with van der Waals surface area (Å²) in [4.78, 5) is 13.7. The van der Waals surface area contributed by atoms with E-state index in [2.05, 4.69) is 21.7 Å². The number of amides is 1. The van der Waals surface area contributed by atoms with Crippen LogP contribution in [0, 0.1) is 0 Å². The van der Waals surface area contributed by atoms with Crippen LogP contribution in [0.15, 0.2) is 46.7 Å². The van der Waals surface area contributed by atoms with Gasteiger partial charge in [-0.15, -0.1) is 0 Å². The molecule has 0 saturated heterocycles. The molecule has 4 rings (SSSR count). The number of aryl methyl sites for hydroxylation is 1. The number of hydrogen-bond acceptors (Lipinski definition) is 5. The van der Waals surface area contributed by atoms with Gasteiger partial charge in [0.2, 0.25) is 0 Å². The number of anilines is 1. The summed E-state index contributed by atoms with van der Waals surface area (Å²) in [6.45, 7) is 4.67. The summed E-state index contributed by atoms with van der Waals surface area (Å²) in [6, 6.07) is 11.2. The summed E-state index contributed by atoms with van der Waals surface area (Å²) < 4.78 is -0.431. The van der Waals surface area contributed by atoms with Crippen molar-refractivity contribution >= 4 is 57.4 Å². The minimum absolute atomic E-state index is 0.156. The van der Waals surface area contributed by atoms with Gasteiger partial charge in [0.15, 0.2) is 5.84 Å². The molecule has 2 aromatic rings. The average molecular weight is 463 g/mol. The molecule has 0 saturated carbocycles. The molecule has 0 aliphatic carbocycles. The lowest BCUT2D eigenvalue weighted by molar-refractivity contribution is 0.260. The second-order valence-electron chi connectivity index (χ2n) is 7.62. The summed E-state index contributed by atoms with van der Waals surface area (Å²) >= 11 is 13.6. The van der Waals surface area contributed by atoms with E-state index in [0.29, 0.717) is 28.0 Å². The number of nitrogens with zero attached hydrogens (tertiary/aromatic N) is 3. The van der Waals surface area contributed by atoms with Gasteiger partial charge >= 0.3 is 0 Å². The highest BCUT2D eigenvalue weighted by Gasteiger charge is 2.35. The van der Waals surface area contributed by atoms with Crippen molar-refractivity contribution < 1.29 is 10.0 Å². The summed E-state index contributed by atoms with van der Waals surface area (Å²) in [5.41, 5.74) is 7.02. The number of carbonyl (C=O) groups excluding carboxylic acids is 1. The molecule has 0 spiro atoms. The second kappa shape index (κ2) is 8.13. The van der Waals surface area contributed by atoms with Crippen molar-refractivity contribution in [2.24, 2.45) is 10.3 Å². The molecular formula is C21H20Cl2N4O2S. The summed E-state index contributed by atoms with van der Waals surface area (Å²) in [6.07, 6.45) is 1.78. The van der Waals surface area contributed by atoms with Gasteiger partial charge in [-0.05, 0) is 68.1 Å². The first-order chi connectivity index (χ1) is 14.3. The molecule has 0 atom stereocenters. The molecule has 156 valence electrons. The van der Waals surface area contributed by atoms with Crippen LogP contribution in [0.4, 0.5) is 10.5 Å². The highest BCUT2D eigenvalue weighted by atomic mass is 35.5. The molecule has 0 bridgehead atoms. The van der Waals surface area contributed by atoms with E-state index in [-0.39, 0.29) is 5.24 Å². The first-order valence-corrected chi connectivity index (χ1v) is 11.0. The normalized spacial score (nSPS) is 18.5. The van der Waals surface area contributed by atoms with Crippen LogP contribution >= 0.6 is 35.0 Å². The number of thioether (sulfide) groups is 1. The molecule has 2 aliphatic heterocycles. The Hall–Kier alpha value is -2.22. The van der Waals surface area contributed by atoms with Gasteiger partial charge in [0.25, 0.3) is 5.24 Å². The summed E-state index contributed by atoms with van der Waals surface area (Å²) in [5.74, 6) is 0.378. The first-order valence-electron chi connectivity index (χ1n) is 9.45. The lowest BCUT2D eigenvalue weighted by atomic mass is 9.93. The molecule has 2 aromatic carbocycles. The van der Waals surface area contributed by atoms with E-state index in [1.165, 1.54) is 11.8 Å². The highest BCUT2D eigenvalue weighted by Crippen LogP contribution is 2.36. The van der Waals surface area contributed by atoms with Gasteiger partial charge < -0.3 is 10.1 Å². The fourth-order valence-electron chi connectivity index (χ4n) is 3.84. The van der Waals surface area contributed by atoms with E-state index in [1.54, 1.807) is 18.2 Å². The van der Waals surface area contributed by atoms with Crippen molar-refractivity contribution in [3.8, 4) is 0 Å². The Labute approximate surface area is 188 Å². The Bertz CT molecular complexity index is 1080. The number of hydrazone groups is 1. The number of fused-ring (bicyclic) bond motifs is 1. The van der Waals surface area contributed by atoms with E-state index in [1.807, 2.05) is 30.9 Å². The lowest BCUT2D eigenvalue weighted by Gasteiger charge is -2.33. The molecule has 30 heavy (non-hydrogen) atoms. The maximum absolute atomic E-state index is 11.7. The predicted octanol–water partition coefficient (Wildman–Crippen LogP) is 5.52. The standard InChI is InChI=1S/C21H20Cl2N4O2S/c1-21(2)18(24-25-20(28)30-21)13-5-8-17-12(10-13)4-3-9-27(17)19(26-29)15-7-6-14(22)11-16(15)23/h5-8,10-11,29H,3-4,9H2,1-2H3,(H,25,28)/b26-19-. The molecule has 6 nitrogen and oxygen atoms in total. The van der Waals surface area contributed by atoms with E-state index in [0.717, 1.165) is 35.4 Å². The third kappa shape index (κ3) is 3.89. The van der Waals surface area contributed by atoms with Crippen LogP contribution in [0.1, 0.15) is 37.0 Å². The third-order valence-electron chi connectivity index (χ3n) is 5.17. The number of hydrogen-bond donors (Lipinski definition) is 2. The summed E-state index contributed by atoms with van der Waals surface area (Å²) in [5, 5.41) is 18.4. The third-order valence-corrected chi connectivity index (χ3v) is 6.70. The van der Waals surface area contributed by atoms with Crippen LogP contribution in [-0.4, -0.2) is 33.3 Å². The van der Waals surface area contributed by atoms with E-state index in [9.17, 15) is 10.0 Å². The van der Waals surface area contributed by atoms with Gasteiger partial charge in [0, 0.05) is 22.8 Å². The smallest absolute Gasteiger partial charge is 0.300 e. The van der Waals surface area contributed by atoms with Crippen LogP contribution in [0.3, 0.4) is 0 Å². The molecule has 0 radical (unpaired) electrons. The second-order valence-corrected chi connectivity index (χ2v) is 10.1. The minimum atomic E-state index is -0.431. The summed E-state index contributed by atoms with van der Waals surface area (Å²) in [7, 11) is 0. The molecule has 2 heterocycles. The monoisotopic (exact) mass is 462 g/mol. The number of amidine groups is 1. The van der Waals surface area contributed by atoms with Gasteiger partial charge in [-0.2, -0.15) is 5.10 Å². The zero-order chi connectivity index (χ0) is 21.5. The van der Waals surface area contributed by atoms with Crippen molar-refractivity contribution in [3.05, 3.63) is 63.1 Å². The molecule has 2 aliphatic rings. The number of nitrogens with one attached hydrogen (secondary N) is 1. The molecule has 0 aromatic heterocycles. The molecular weight excluding hydrogens is 443 g/mol. The fraction of sp³-hybridized carbons (Fsp3) is 0.286. The minimum Gasteiger partial charge on any atom is -0.409 e. The highest BCUT2D eigenvalue weighted by molar-refractivity contribution is 8.15. The zero-order valence-electron chi connectivity index (χ0n) is 16.4. The van der Waals surface area contributed by atoms with Gasteiger partial charge in [-0.1, -0.05) is 46.2 Å². The Morgan fingerprint density at radius 3 is 2.77 bits per heavy atom. The van der Waals surface area contributed by atoms with Crippen LogP contribution in [0.5, 0.6) is 0 Å². The largest absolute Gasteiger partial charge is 0.409 e. The Morgan fingerprint density at radius 2 is 2.07 bits per heavy atom. The number of halogens is 2. The topological polar surface area (TPSA) is 77.3 Å². The first kappa shape index (κ1) is 21.0. The molecule has 1 amide bonds. The number of oxime groups is 1. The van der Waals surface area contributed by atoms with E-state index >= 15 is 0 Å². The van der Waals surface area contributed by atoms with Gasteiger partial charge in [0.05, 0.1) is 15.5 Å². The van der Waals surface area contributed by atoms with Gasteiger partial charge in [-0.3, -0.25) is 4.79 Å². The van der Waals surface area contributed by atoms with Crippen molar-refractivity contribution in [1.82, 2.24) is 5.43 Å². The Kier molecular flexibility index (Phi) is 5.70. The maximum atomic E-state index is 11.7. The average Bonchev–Trinajstić information content (AvgIpc) is 2.69. The number of rotatable bonds is 2. The van der Waals surface area contributed by atoms with Crippen LogP contribution in [0.2, 0.25) is 10.0 Å². The van der Waals surface area contributed by atoms with Gasteiger partial charge in [0.1, 0.15) is 0 Å². The fourth-order valence-corrected chi connectivity index (χ4v) is 5.15. The van der Waals surface area contributed by atoms with E-state index < -0.39 is 4.75 Å².